The van der Waals surface area contributed by atoms with Crippen molar-refractivity contribution in [1.82, 2.24) is 0 Å². The van der Waals surface area contributed by atoms with Crippen molar-refractivity contribution in [3.05, 3.63) is 71.3 Å². The van der Waals surface area contributed by atoms with Gasteiger partial charge in [0.1, 0.15) is 5.75 Å². The van der Waals surface area contributed by atoms with Crippen LogP contribution in [0.15, 0.2) is 54.6 Å². The van der Waals surface area contributed by atoms with E-state index < -0.39 is 0 Å². The second-order valence-corrected chi connectivity index (χ2v) is 4.97. The highest BCUT2D eigenvalue weighted by atomic mass is 16.5. The van der Waals surface area contributed by atoms with Gasteiger partial charge in [-0.3, -0.25) is 9.59 Å². The third-order valence-electron chi connectivity index (χ3n) is 3.32. The van der Waals surface area contributed by atoms with Gasteiger partial charge in [-0.05, 0) is 48.4 Å². The van der Waals surface area contributed by atoms with Crippen LogP contribution >= 0.6 is 0 Å². The van der Waals surface area contributed by atoms with Gasteiger partial charge in [0.05, 0.1) is 7.11 Å². The van der Waals surface area contributed by atoms with Gasteiger partial charge in [0.25, 0.3) is 0 Å². The van der Waals surface area contributed by atoms with Crippen molar-refractivity contribution in [1.29, 1.82) is 0 Å². The molecule has 0 aliphatic carbocycles. The number of methoxy groups -OCH3 is 1. The van der Waals surface area contributed by atoms with Gasteiger partial charge >= 0.3 is 0 Å². The summed E-state index contributed by atoms with van der Waals surface area (Å²) >= 11 is 0. The third-order valence-corrected chi connectivity index (χ3v) is 3.32. The molecule has 0 aliphatic rings. The summed E-state index contributed by atoms with van der Waals surface area (Å²) in [5, 5.41) is 0. The van der Waals surface area contributed by atoms with Crippen LogP contribution in [0.3, 0.4) is 0 Å². The van der Waals surface area contributed by atoms with Gasteiger partial charge in [0, 0.05) is 12.0 Å². The lowest BCUT2D eigenvalue weighted by Gasteiger charge is -2.06. The molecule has 0 unspecified atom stereocenters. The Morgan fingerprint density at radius 1 is 1.05 bits per heavy atom. The molecule has 0 atom stereocenters. The van der Waals surface area contributed by atoms with Crippen LogP contribution in [0.2, 0.25) is 0 Å². The lowest BCUT2D eigenvalue weighted by molar-refractivity contribution is -0.112. The van der Waals surface area contributed by atoms with E-state index in [-0.39, 0.29) is 11.6 Å². The van der Waals surface area contributed by atoms with Crippen molar-refractivity contribution >= 4 is 17.6 Å². The van der Waals surface area contributed by atoms with E-state index in [2.05, 4.69) is 0 Å². The van der Waals surface area contributed by atoms with Gasteiger partial charge in [0.15, 0.2) is 11.6 Å². The highest BCUT2D eigenvalue weighted by molar-refractivity contribution is 5.98. The molecule has 0 saturated carbocycles. The fourth-order valence-corrected chi connectivity index (χ4v) is 2.12. The summed E-state index contributed by atoms with van der Waals surface area (Å²) < 4.78 is 5.09. The minimum Gasteiger partial charge on any atom is -0.497 e. The highest BCUT2D eigenvalue weighted by Gasteiger charge is 2.09. The van der Waals surface area contributed by atoms with Crippen LogP contribution in [0, 0.1) is 0 Å². The molecule has 0 amide bonds. The molecule has 0 fully saturated rings. The standard InChI is InChI=1S/C19H18O3/c1-14(20)7-8-15-5-3-4-6-17(15)13-19(21)16-9-11-18(22-2)12-10-16/h3-12H,13H2,1-2H3/b8-7+. The van der Waals surface area contributed by atoms with Gasteiger partial charge < -0.3 is 4.74 Å². The molecule has 0 aromatic heterocycles. The van der Waals surface area contributed by atoms with E-state index in [1.165, 1.54) is 13.0 Å². The molecule has 0 bridgehead atoms. The molecule has 3 nitrogen and oxygen atoms in total. The van der Waals surface area contributed by atoms with Crippen molar-refractivity contribution in [2.24, 2.45) is 0 Å². The Bertz CT molecular complexity index is 697. The lowest BCUT2D eigenvalue weighted by Crippen LogP contribution is -2.04. The molecule has 3 heteroatoms. The summed E-state index contributed by atoms with van der Waals surface area (Å²) in [6, 6.07) is 14.6. The fourth-order valence-electron chi connectivity index (χ4n) is 2.12. The number of Topliss-reactive ketones (excluding diaryl/α,β-unsaturated/α-hetero) is 1. The van der Waals surface area contributed by atoms with Crippen molar-refractivity contribution in [3.8, 4) is 5.75 Å². The number of rotatable bonds is 6. The van der Waals surface area contributed by atoms with E-state index in [4.69, 9.17) is 4.74 Å². The number of ether oxygens (including phenoxy) is 1. The Labute approximate surface area is 130 Å². The third kappa shape index (κ3) is 4.16. The number of carbonyl (C=O) groups excluding carboxylic acids is 2. The van der Waals surface area contributed by atoms with E-state index >= 15 is 0 Å². The van der Waals surface area contributed by atoms with Gasteiger partial charge in [-0.2, -0.15) is 0 Å². The summed E-state index contributed by atoms with van der Waals surface area (Å²) in [4.78, 5) is 23.4. The molecule has 2 rings (SSSR count). The zero-order valence-electron chi connectivity index (χ0n) is 12.7. The van der Waals surface area contributed by atoms with Crippen LogP contribution in [0.5, 0.6) is 5.75 Å². The molecule has 0 aliphatic heterocycles. The molecule has 0 N–H and O–H groups in total. The van der Waals surface area contributed by atoms with Crippen molar-refractivity contribution < 1.29 is 14.3 Å². The average molecular weight is 294 g/mol. The minimum atomic E-state index is -0.0173. The van der Waals surface area contributed by atoms with Gasteiger partial charge in [-0.25, -0.2) is 0 Å². The molecule has 2 aromatic rings. The lowest BCUT2D eigenvalue weighted by atomic mass is 9.98. The fraction of sp³-hybridized carbons (Fsp3) is 0.158. The monoisotopic (exact) mass is 294 g/mol. The molecular formula is C19H18O3. The van der Waals surface area contributed by atoms with Crippen LogP contribution in [0.25, 0.3) is 6.08 Å². The van der Waals surface area contributed by atoms with Crippen LogP contribution in [-0.2, 0) is 11.2 Å². The van der Waals surface area contributed by atoms with Crippen molar-refractivity contribution in [2.45, 2.75) is 13.3 Å². The maximum absolute atomic E-state index is 12.4. The number of hydrogen-bond donors (Lipinski definition) is 0. The van der Waals surface area contributed by atoms with Crippen molar-refractivity contribution in [3.63, 3.8) is 0 Å². The summed E-state index contributed by atoms with van der Waals surface area (Å²) in [5.74, 6) is 0.740. The molecule has 22 heavy (non-hydrogen) atoms. The smallest absolute Gasteiger partial charge is 0.167 e. The van der Waals surface area contributed by atoms with E-state index in [0.717, 1.165) is 16.9 Å². The second-order valence-electron chi connectivity index (χ2n) is 4.97. The van der Waals surface area contributed by atoms with Crippen LogP contribution in [-0.4, -0.2) is 18.7 Å². The van der Waals surface area contributed by atoms with Gasteiger partial charge in [-0.1, -0.05) is 30.3 Å². The Morgan fingerprint density at radius 2 is 1.73 bits per heavy atom. The second kappa shape index (κ2) is 7.36. The molecule has 0 spiro atoms. The van der Waals surface area contributed by atoms with Crippen molar-refractivity contribution in [2.75, 3.05) is 7.11 Å². The molecular weight excluding hydrogens is 276 g/mol. The number of allylic oxidation sites excluding steroid dienone is 1. The predicted octanol–water partition coefficient (Wildman–Crippen LogP) is 3.72. The molecule has 112 valence electrons. The van der Waals surface area contributed by atoms with Gasteiger partial charge in [-0.15, -0.1) is 0 Å². The molecule has 0 radical (unpaired) electrons. The number of ketones is 2. The zero-order valence-corrected chi connectivity index (χ0v) is 12.7. The largest absolute Gasteiger partial charge is 0.497 e. The number of hydrogen-bond acceptors (Lipinski definition) is 3. The normalized spacial score (nSPS) is 10.6. The van der Waals surface area contributed by atoms with Crippen LogP contribution < -0.4 is 4.74 Å². The summed E-state index contributed by atoms with van der Waals surface area (Å²) in [5.41, 5.74) is 2.44. The first-order valence-corrected chi connectivity index (χ1v) is 7.04. The summed E-state index contributed by atoms with van der Waals surface area (Å²) in [6.07, 6.45) is 3.56. The number of carbonyl (C=O) groups is 2. The van der Waals surface area contributed by atoms with E-state index in [1.54, 1.807) is 37.5 Å². The quantitative estimate of drug-likeness (QED) is 0.602. The average Bonchev–Trinajstić information content (AvgIpc) is 2.54. The Kier molecular flexibility index (Phi) is 5.26. The highest BCUT2D eigenvalue weighted by Crippen LogP contribution is 2.16. The van der Waals surface area contributed by atoms with Crippen LogP contribution in [0.1, 0.15) is 28.4 Å². The Hall–Kier alpha value is -2.68. The maximum atomic E-state index is 12.4. The zero-order chi connectivity index (χ0) is 15.9. The van der Waals surface area contributed by atoms with E-state index in [9.17, 15) is 9.59 Å². The topological polar surface area (TPSA) is 43.4 Å². The molecule has 0 heterocycles. The Morgan fingerprint density at radius 3 is 2.36 bits per heavy atom. The first-order chi connectivity index (χ1) is 10.6. The first kappa shape index (κ1) is 15.7. The summed E-state index contributed by atoms with van der Waals surface area (Å²) in [6.45, 7) is 1.50. The SMILES string of the molecule is COc1ccc(C(=O)Cc2ccccc2/C=C/C(C)=O)cc1. The first-order valence-electron chi connectivity index (χ1n) is 7.04. The predicted molar refractivity (Wildman–Crippen MR) is 87.2 cm³/mol. The number of benzene rings is 2. The van der Waals surface area contributed by atoms with Gasteiger partial charge in [0.2, 0.25) is 0 Å². The maximum Gasteiger partial charge on any atom is 0.167 e. The van der Waals surface area contributed by atoms with E-state index in [0.29, 0.717) is 12.0 Å². The molecule has 2 aromatic carbocycles. The van der Waals surface area contributed by atoms with Crippen LogP contribution in [0.4, 0.5) is 0 Å². The Balaban J connectivity index is 2.19. The molecule has 0 saturated heterocycles. The summed E-state index contributed by atoms with van der Waals surface area (Å²) in [7, 11) is 1.59. The van der Waals surface area contributed by atoms with E-state index in [1.807, 2.05) is 24.3 Å². The minimum absolute atomic E-state index is 0.0173.